The molecule has 0 aliphatic rings. The second kappa shape index (κ2) is 4.28. The number of aryl methyl sites for hydroxylation is 1. The Morgan fingerprint density at radius 2 is 1.86 bits per heavy atom. The molecule has 0 fully saturated rings. The first-order chi connectivity index (χ1) is 6.50. The monoisotopic (exact) mass is 186 g/mol. The van der Waals surface area contributed by atoms with Gasteiger partial charge in [0.1, 0.15) is 0 Å². The van der Waals surface area contributed by atoms with Crippen molar-refractivity contribution in [3.63, 3.8) is 0 Å². The molecule has 0 nitrogen and oxygen atoms in total. The van der Waals surface area contributed by atoms with Crippen molar-refractivity contribution in [1.82, 2.24) is 0 Å². The summed E-state index contributed by atoms with van der Waals surface area (Å²) in [6, 6.07) is 6.48. The molecule has 0 spiro atoms. The third-order valence-electron chi connectivity index (χ3n) is 2.21. The normalized spacial score (nSPS) is 9.71. The van der Waals surface area contributed by atoms with Gasteiger partial charge in [-0.05, 0) is 44.4 Å². The summed E-state index contributed by atoms with van der Waals surface area (Å²) in [5.41, 5.74) is 6.29. The van der Waals surface area contributed by atoms with Crippen molar-refractivity contribution in [2.45, 2.75) is 27.7 Å². The molecule has 0 aromatic heterocycles. The average Bonchev–Trinajstić information content (AvgIpc) is 2.07. The molecule has 0 aliphatic carbocycles. The van der Waals surface area contributed by atoms with E-state index in [0.29, 0.717) is 0 Å². The molecule has 0 N–H and O–H groups in total. The minimum Gasteiger partial charge on any atom is -0.0955 e. The van der Waals surface area contributed by atoms with Gasteiger partial charge in [0.05, 0.1) is 0 Å². The van der Waals surface area contributed by atoms with Crippen molar-refractivity contribution < 1.29 is 0 Å². The zero-order chi connectivity index (χ0) is 10.7. The Hall–Kier alpha value is -1.30. The lowest BCUT2D eigenvalue weighted by atomic mass is 10.0. The molecule has 0 saturated carbocycles. The fourth-order valence-electron chi connectivity index (χ4n) is 1.41. The van der Waals surface area contributed by atoms with Crippen LogP contribution in [0.2, 0.25) is 0 Å². The predicted octanol–water partition coefficient (Wildman–Crippen LogP) is 4.45. The highest BCUT2D eigenvalue weighted by Gasteiger charge is 1.98. The van der Waals surface area contributed by atoms with Gasteiger partial charge < -0.3 is 0 Å². The van der Waals surface area contributed by atoms with Gasteiger partial charge in [0.15, 0.2) is 0 Å². The van der Waals surface area contributed by atoms with E-state index in [1.54, 1.807) is 0 Å². The van der Waals surface area contributed by atoms with Crippen LogP contribution in [0.5, 0.6) is 0 Å². The van der Waals surface area contributed by atoms with Gasteiger partial charge in [0.2, 0.25) is 0 Å². The van der Waals surface area contributed by atoms with Crippen LogP contribution in [0.25, 0.3) is 11.6 Å². The van der Waals surface area contributed by atoms with E-state index in [9.17, 15) is 0 Å². The Morgan fingerprint density at radius 1 is 1.21 bits per heavy atom. The molecule has 0 radical (unpaired) electrons. The van der Waals surface area contributed by atoms with Crippen molar-refractivity contribution >= 4 is 11.6 Å². The van der Waals surface area contributed by atoms with E-state index in [0.717, 1.165) is 5.57 Å². The summed E-state index contributed by atoms with van der Waals surface area (Å²) in [5, 5.41) is 0. The van der Waals surface area contributed by atoms with E-state index in [2.05, 4.69) is 51.6 Å². The van der Waals surface area contributed by atoms with Crippen LogP contribution in [0.3, 0.4) is 0 Å². The van der Waals surface area contributed by atoms with Crippen LogP contribution >= 0.6 is 0 Å². The lowest BCUT2D eigenvalue weighted by Crippen LogP contribution is -1.85. The van der Waals surface area contributed by atoms with Gasteiger partial charge in [-0.1, -0.05) is 42.0 Å². The molecule has 0 bridgehead atoms. The highest BCUT2D eigenvalue weighted by Crippen LogP contribution is 2.18. The van der Waals surface area contributed by atoms with Gasteiger partial charge in [-0.2, -0.15) is 0 Å². The maximum atomic E-state index is 3.94. The summed E-state index contributed by atoms with van der Waals surface area (Å²) >= 11 is 0. The first-order valence-corrected chi connectivity index (χ1v) is 4.92. The smallest absolute Gasteiger partial charge is 0.0228 e. The van der Waals surface area contributed by atoms with Crippen molar-refractivity contribution in [2.24, 2.45) is 0 Å². The van der Waals surface area contributed by atoms with Crippen molar-refractivity contribution in [3.05, 3.63) is 47.0 Å². The van der Waals surface area contributed by atoms with Crippen LogP contribution in [0.4, 0.5) is 0 Å². The first kappa shape index (κ1) is 10.8. The van der Waals surface area contributed by atoms with E-state index in [1.807, 2.05) is 6.92 Å². The maximum Gasteiger partial charge on any atom is -0.0228 e. The van der Waals surface area contributed by atoms with Crippen LogP contribution < -0.4 is 0 Å². The molecule has 74 valence electrons. The van der Waals surface area contributed by atoms with Crippen LogP contribution in [-0.4, -0.2) is 0 Å². The summed E-state index contributed by atoms with van der Waals surface area (Å²) < 4.78 is 0. The molecule has 1 rings (SSSR count). The highest BCUT2D eigenvalue weighted by atomic mass is 14.0. The molecular formula is C14H18. The molecule has 0 heteroatoms. The first-order valence-electron chi connectivity index (χ1n) is 4.92. The molecule has 14 heavy (non-hydrogen) atoms. The number of rotatable bonds is 2. The molecule has 0 heterocycles. The van der Waals surface area contributed by atoms with E-state index in [1.165, 1.54) is 22.3 Å². The third-order valence-corrected chi connectivity index (χ3v) is 2.21. The van der Waals surface area contributed by atoms with Crippen LogP contribution in [0.1, 0.15) is 37.5 Å². The molecule has 0 atom stereocenters. The molecule has 1 aromatic carbocycles. The third kappa shape index (κ3) is 2.59. The Labute approximate surface area is 87.0 Å². The second-order valence-electron chi connectivity index (χ2n) is 4.07. The van der Waals surface area contributed by atoms with Gasteiger partial charge in [0.25, 0.3) is 0 Å². The van der Waals surface area contributed by atoms with Gasteiger partial charge in [-0.15, -0.1) is 0 Å². The summed E-state index contributed by atoms with van der Waals surface area (Å²) in [6.45, 7) is 12.4. The van der Waals surface area contributed by atoms with Gasteiger partial charge in [-0.25, -0.2) is 0 Å². The highest BCUT2D eigenvalue weighted by molar-refractivity contribution is 5.65. The van der Waals surface area contributed by atoms with E-state index < -0.39 is 0 Å². The summed E-state index contributed by atoms with van der Waals surface area (Å²) in [5.74, 6) is 0. The van der Waals surface area contributed by atoms with Crippen LogP contribution in [-0.2, 0) is 0 Å². The number of benzene rings is 1. The fourth-order valence-corrected chi connectivity index (χ4v) is 1.41. The van der Waals surface area contributed by atoms with Crippen molar-refractivity contribution in [1.29, 1.82) is 0 Å². The second-order valence-corrected chi connectivity index (χ2v) is 4.07. The Balaban J connectivity index is 3.14. The van der Waals surface area contributed by atoms with Crippen molar-refractivity contribution in [3.8, 4) is 0 Å². The van der Waals surface area contributed by atoms with Gasteiger partial charge in [-0.3, -0.25) is 0 Å². The van der Waals surface area contributed by atoms with Crippen molar-refractivity contribution in [2.75, 3.05) is 0 Å². The Kier molecular flexibility index (Phi) is 3.29. The molecule has 0 amide bonds. The number of allylic oxidation sites excluding steroid dienone is 2. The Morgan fingerprint density at radius 3 is 2.29 bits per heavy atom. The zero-order valence-corrected chi connectivity index (χ0v) is 9.52. The van der Waals surface area contributed by atoms with Gasteiger partial charge in [0, 0.05) is 0 Å². The quantitative estimate of drug-likeness (QED) is 0.640. The molecule has 0 saturated heterocycles. The van der Waals surface area contributed by atoms with E-state index in [4.69, 9.17) is 0 Å². The minimum absolute atomic E-state index is 1.12. The lowest BCUT2D eigenvalue weighted by Gasteiger charge is -2.05. The SMILES string of the molecule is C=C(C)c1ccc(C=C(C)C)c(C)c1. The molecule has 0 unspecified atom stereocenters. The number of hydrogen-bond donors (Lipinski definition) is 0. The number of hydrogen-bond acceptors (Lipinski definition) is 0. The standard InChI is InChI=1S/C14H18/c1-10(2)8-14-7-6-13(11(3)4)9-12(14)5/h6-9H,3H2,1-2,4-5H3. The average molecular weight is 186 g/mol. The van der Waals surface area contributed by atoms with E-state index >= 15 is 0 Å². The molecular weight excluding hydrogens is 168 g/mol. The maximum absolute atomic E-state index is 3.94. The summed E-state index contributed by atoms with van der Waals surface area (Å²) in [6.07, 6.45) is 2.21. The topological polar surface area (TPSA) is 0 Å². The fraction of sp³-hybridized carbons (Fsp3) is 0.286. The van der Waals surface area contributed by atoms with E-state index in [-0.39, 0.29) is 0 Å². The predicted molar refractivity (Wildman–Crippen MR) is 65.2 cm³/mol. The summed E-state index contributed by atoms with van der Waals surface area (Å²) in [7, 11) is 0. The largest absolute Gasteiger partial charge is 0.0955 e. The van der Waals surface area contributed by atoms with Gasteiger partial charge >= 0.3 is 0 Å². The molecule has 1 aromatic rings. The van der Waals surface area contributed by atoms with Crippen LogP contribution in [0.15, 0.2) is 30.4 Å². The Bertz CT molecular complexity index is 377. The summed E-state index contributed by atoms with van der Waals surface area (Å²) in [4.78, 5) is 0. The zero-order valence-electron chi connectivity index (χ0n) is 9.52. The lowest BCUT2D eigenvalue weighted by molar-refractivity contribution is 1.38. The van der Waals surface area contributed by atoms with Crippen LogP contribution in [0, 0.1) is 6.92 Å². The minimum atomic E-state index is 1.12. The molecule has 0 aliphatic heterocycles.